The van der Waals surface area contributed by atoms with Gasteiger partial charge in [0.2, 0.25) is 0 Å². The van der Waals surface area contributed by atoms with Gasteiger partial charge in [0.05, 0.1) is 0 Å². The fraction of sp³-hybridized carbons (Fsp3) is 1.00. The summed E-state index contributed by atoms with van der Waals surface area (Å²) >= 11 is 0. The molecular weight excluding hydrogens is 254 g/mol. The first-order valence-corrected chi connectivity index (χ1v) is 10.0. The van der Waals surface area contributed by atoms with Crippen LogP contribution in [0.25, 0.3) is 0 Å². The van der Waals surface area contributed by atoms with Crippen molar-refractivity contribution in [2.45, 2.75) is 110 Å². The SMILES string of the molecule is CCCCCCC(NCCC)C1CCC(CCCC)CC1. The van der Waals surface area contributed by atoms with Gasteiger partial charge in [0.15, 0.2) is 0 Å². The summed E-state index contributed by atoms with van der Waals surface area (Å²) in [6.45, 7) is 8.15. The molecule has 1 atom stereocenters. The lowest BCUT2D eigenvalue weighted by Crippen LogP contribution is -2.38. The zero-order valence-electron chi connectivity index (χ0n) is 15.1. The summed E-state index contributed by atoms with van der Waals surface area (Å²) in [6, 6.07) is 0.814. The lowest BCUT2D eigenvalue weighted by atomic mass is 9.76. The van der Waals surface area contributed by atoms with Crippen LogP contribution in [0.3, 0.4) is 0 Å². The third kappa shape index (κ3) is 8.24. The van der Waals surface area contributed by atoms with Crippen LogP contribution in [-0.4, -0.2) is 12.6 Å². The van der Waals surface area contributed by atoms with Gasteiger partial charge in [-0.2, -0.15) is 0 Å². The van der Waals surface area contributed by atoms with Crippen molar-refractivity contribution >= 4 is 0 Å². The van der Waals surface area contributed by atoms with E-state index in [1.807, 2.05) is 0 Å². The Morgan fingerprint density at radius 2 is 1.52 bits per heavy atom. The highest BCUT2D eigenvalue weighted by Crippen LogP contribution is 2.34. The third-order valence-corrected chi connectivity index (χ3v) is 5.45. The van der Waals surface area contributed by atoms with Crippen LogP contribution in [0.5, 0.6) is 0 Å². The van der Waals surface area contributed by atoms with Crippen molar-refractivity contribution in [3.63, 3.8) is 0 Å². The van der Waals surface area contributed by atoms with Gasteiger partial charge in [0.25, 0.3) is 0 Å². The van der Waals surface area contributed by atoms with Crippen molar-refractivity contribution in [3.05, 3.63) is 0 Å². The molecule has 0 saturated heterocycles. The van der Waals surface area contributed by atoms with Crippen LogP contribution < -0.4 is 5.32 Å². The van der Waals surface area contributed by atoms with Crippen molar-refractivity contribution in [3.8, 4) is 0 Å². The first kappa shape index (κ1) is 19.0. The van der Waals surface area contributed by atoms with Gasteiger partial charge in [-0.1, -0.05) is 78.6 Å². The number of hydrogen-bond donors (Lipinski definition) is 1. The maximum Gasteiger partial charge on any atom is 0.00953 e. The molecule has 1 aliphatic rings. The van der Waals surface area contributed by atoms with E-state index in [-0.39, 0.29) is 0 Å². The molecule has 1 N–H and O–H groups in total. The van der Waals surface area contributed by atoms with Crippen LogP contribution in [0.1, 0.15) is 104 Å². The molecule has 0 amide bonds. The van der Waals surface area contributed by atoms with Gasteiger partial charge in [-0.3, -0.25) is 0 Å². The van der Waals surface area contributed by atoms with E-state index in [0.717, 1.165) is 17.9 Å². The summed E-state index contributed by atoms with van der Waals surface area (Å²) in [6.07, 6.45) is 18.6. The van der Waals surface area contributed by atoms with Crippen molar-refractivity contribution in [2.24, 2.45) is 11.8 Å². The highest BCUT2D eigenvalue weighted by Gasteiger charge is 2.26. The predicted molar refractivity (Wildman–Crippen MR) is 95.8 cm³/mol. The van der Waals surface area contributed by atoms with Crippen LogP contribution in [-0.2, 0) is 0 Å². The molecule has 0 spiro atoms. The van der Waals surface area contributed by atoms with E-state index >= 15 is 0 Å². The van der Waals surface area contributed by atoms with E-state index in [1.165, 1.54) is 90.0 Å². The highest BCUT2D eigenvalue weighted by atomic mass is 14.9. The summed E-state index contributed by atoms with van der Waals surface area (Å²) in [5, 5.41) is 3.87. The Balaban J connectivity index is 2.29. The van der Waals surface area contributed by atoms with Crippen LogP contribution in [0.15, 0.2) is 0 Å². The highest BCUT2D eigenvalue weighted by molar-refractivity contribution is 4.82. The van der Waals surface area contributed by atoms with Crippen molar-refractivity contribution in [1.82, 2.24) is 5.32 Å². The van der Waals surface area contributed by atoms with E-state index in [1.54, 1.807) is 0 Å². The number of rotatable bonds is 12. The number of nitrogens with one attached hydrogen (secondary N) is 1. The van der Waals surface area contributed by atoms with Crippen LogP contribution in [0, 0.1) is 11.8 Å². The van der Waals surface area contributed by atoms with Crippen LogP contribution in [0.4, 0.5) is 0 Å². The quantitative estimate of drug-likeness (QED) is 0.415. The Labute approximate surface area is 134 Å². The molecule has 1 unspecified atom stereocenters. The smallest absolute Gasteiger partial charge is 0.00953 e. The van der Waals surface area contributed by atoms with E-state index in [2.05, 4.69) is 26.1 Å². The number of hydrogen-bond acceptors (Lipinski definition) is 1. The molecule has 1 rings (SSSR count). The molecule has 126 valence electrons. The summed E-state index contributed by atoms with van der Waals surface area (Å²) in [4.78, 5) is 0. The van der Waals surface area contributed by atoms with E-state index in [9.17, 15) is 0 Å². The van der Waals surface area contributed by atoms with Crippen molar-refractivity contribution < 1.29 is 0 Å². The van der Waals surface area contributed by atoms with Gasteiger partial charge >= 0.3 is 0 Å². The Hall–Kier alpha value is -0.0400. The predicted octanol–water partition coefficient (Wildman–Crippen LogP) is 6.32. The summed E-state index contributed by atoms with van der Waals surface area (Å²) in [5.74, 6) is 2.02. The van der Waals surface area contributed by atoms with Crippen molar-refractivity contribution in [2.75, 3.05) is 6.54 Å². The van der Waals surface area contributed by atoms with Gasteiger partial charge in [0.1, 0.15) is 0 Å². The Bertz CT molecular complexity index is 218. The molecule has 0 aromatic heterocycles. The molecule has 21 heavy (non-hydrogen) atoms. The zero-order valence-corrected chi connectivity index (χ0v) is 15.1. The summed E-state index contributed by atoms with van der Waals surface area (Å²) < 4.78 is 0. The van der Waals surface area contributed by atoms with E-state index in [4.69, 9.17) is 0 Å². The fourth-order valence-electron chi connectivity index (χ4n) is 4.00. The maximum atomic E-state index is 3.87. The molecule has 1 nitrogen and oxygen atoms in total. The summed E-state index contributed by atoms with van der Waals surface area (Å²) in [5.41, 5.74) is 0. The first-order valence-electron chi connectivity index (χ1n) is 10.0. The van der Waals surface area contributed by atoms with Gasteiger partial charge in [-0.25, -0.2) is 0 Å². The second kappa shape index (κ2) is 12.5. The molecule has 1 heteroatoms. The fourth-order valence-corrected chi connectivity index (χ4v) is 4.00. The molecule has 0 radical (unpaired) electrons. The first-order chi connectivity index (χ1) is 10.3. The molecular formula is C20H41N. The largest absolute Gasteiger partial charge is 0.314 e. The molecule has 0 bridgehead atoms. The van der Waals surface area contributed by atoms with Gasteiger partial charge in [0, 0.05) is 6.04 Å². The van der Waals surface area contributed by atoms with Crippen LogP contribution >= 0.6 is 0 Å². The van der Waals surface area contributed by atoms with Gasteiger partial charge in [-0.05, 0) is 44.1 Å². The molecule has 0 heterocycles. The monoisotopic (exact) mass is 295 g/mol. The average Bonchev–Trinajstić information content (AvgIpc) is 2.53. The minimum atomic E-state index is 0.814. The van der Waals surface area contributed by atoms with Gasteiger partial charge in [-0.15, -0.1) is 0 Å². The molecule has 0 aliphatic heterocycles. The normalized spacial score (nSPS) is 24.1. The Morgan fingerprint density at radius 1 is 0.810 bits per heavy atom. The lowest BCUT2D eigenvalue weighted by Gasteiger charge is -2.34. The molecule has 1 fully saturated rings. The Kier molecular flexibility index (Phi) is 11.3. The molecule has 0 aromatic carbocycles. The summed E-state index contributed by atoms with van der Waals surface area (Å²) in [7, 11) is 0. The van der Waals surface area contributed by atoms with E-state index < -0.39 is 0 Å². The third-order valence-electron chi connectivity index (χ3n) is 5.45. The average molecular weight is 296 g/mol. The van der Waals surface area contributed by atoms with Crippen LogP contribution in [0.2, 0.25) is 0 Å². The Morgan fingerprint density at radius 3 is 2.14 bits per heavy atom. The zero-order chi connectivity index (χ0) is 15.3. The lowest BCUT2D eigenvalue weighted by molar-refractivity contribution is 0.203. The standard InChI is InChI=1S/C20H41N/c1-4-7-9-10-12-20(21-17-6-3)19-15-13-18(14-16-19)11-8-5-2/h18-21H,4-17H2,1-3H3. The minimum absolute atomic E-state index is 0.814. The van der Waals surface area contributed by atoms with Gasteiger partial charge < -0.3 is 5.32 Å². The topological polar surface area (TPSA) is 12.0 Å². The minimum Gasteiger partial charge on any atom is -0.314 e. The molecule has 1 aliphatic carbocycles. The van der Waals surface area contributed by atoms with Crippen molar-refractivity contribution in [1.29, 1.82) is 0 Å². The second-order valence-electron chi connectivity index (χ2n) is 7.33. The number of unbranched alkanes of at least 4 members (excludes halogenated alkanes) is 4. The van der Waals surface area contributed by atoms with E-state index in [0.29, 0.717) is 0 Å². The molecule has 1 saturated carbocycles. The maximum absolute atomic E-state index is 3.87. The molecule has 0 aromatic rings. The second-order valence-corrected chi connectivity index (χ2v) is 7.33.